The van der Waals surface area contributed by atoms with Gasteiger partial charge in [0.1, 0.15) is 18.1 Å². The second-order valence-electron chi connectivity index (χ2n) is 11.2. The number of aryl methyl sites for hydroxylation is 1. The Morgan fingerprint density at radius 1 is 1.00 bits per heavy atom. The molecule has 1 saturated heterocycles. The van der Waals surface area contributed by atoms with Crippen molar-refractivity contribution in [2.75, 3.05) is 45.2 Å². The van der Waals surface area contributed by atoms with Crippen molar-refractivity contribution in [3.63, 3.8) is 0 Å². The summed E-state index contributed by atoms with van der Waals surface area (Å²) >= 11 is 0. The molecule has 5 nitrogen and oxygen atoms in total. The third-order valence-corrected chi connectivity index (χ3v) is 8.39. The van der Waals surface area contributed by atoms with Crippen molar-refractivity contribution < 1.29 is 19.0 Å². The number of hydrogen-bond donors (Lipinski definition) is 2. The van der Waals surface area contributed by atoms with Crippen LogP contribution in [0.3, 0.4) is 0 Å². The molecule has 3 aromatic carbocycles. The van der Waals surface area contributed by atoms with E-state index in [1.807, 2.05) is 24.3 Å². The number of aromatic hydroxyl groups is 1. The number of benzene rings is 3. The minimum atomic E-state index is -0.297. The third-order valence-electron chi connectivity index (χ3n) is 8.39. The van der Waals surface area contributed by atoms with E-state index in [9.17, 15) is 9.50 Å². The molecular formula is C33H41FN2O3. The van der Waals surface area contributed by atoms with E-state index in [0.29, 0.717) is 37.0 Å². The number of phenols is 1. The summed E-state index contributed by atoms with van der Waals surface area (Å²) in [6.07, 6.45) is 6.08. The number of fused-ring (bicyclic) bond motifs is 1. The molecule has 1 unspecified atom stereocenters. The number of hydrogen-bond acceptors (Lipinski definition) is 5. The fourth-order valence-electron chi connectivity index (χ4n) is 5.91. The van der Waals surface area contributed by atoms with Gasteiger partial charge < -0.3 is 19.9 Å². The molecule has 39 heavy (non-hydrogen) atoms. The van der Waals surface area contributed by atoms with Crippen LogP contribution in [0.15, 0.2) is 54.6 Å². The van der Waals surface area contributed by atoms with Crippen LogP contribution in [-0.4, -0.2) is 49.9 Å². The van der Waals surface area contributed by atoms with Crippen LogP contribution in [0.4, 0.5) is 10.1 Å². The summed E-state index contributed by atoms with van der Waals surface area (Å²) < 4.78 is 26.1. The van der Waals surface area contributed by atoms with E-state index in [1.165, 1.54) is 29.5 Å². The summed E-state index contributed by atoms with van der Waals surface area (Å²) in [7, 11) is 1.68. The van der Waals surface area contributed by atoms with E-state index in [4.69, 9.17) is 9.47 Å². The first kappa shape index (κ1) is 27.3. The highest BCUT2D eigenvalue weighted by Gasteiger charge is 2.23. The molecule has 0 amide bonds. The van der Waals surface area contributed by atoms with Gasteiger partial charge in [-0.15, -0.1) is 0 Å². The zero-order valence-electron chi connectivity index (χ0n) is 23.2. The summed E-state index contributed by atoms with van der Waals surface area (Å²) in [4.78, 5) is 2.40. The molecule has 1 aliphatic carbocycles. The molecule has 5 rings (SSSR count). The summed E-state index contributed by atoms with van der Waals surface area (Å²) in [5.74, 6) is 2.37. The van der Waals surface area contributed by atoms with Gasteiger partial charge in [0, 0.05) is 24.8 Å². The SMILES string of the molecule is COc1ccc(C2CCc3cc(O)ccc3C2)c(NCCc2ccc(OCCN3CCC(C)CC3)c(F)c2)c1. The molecule has 0 aromatic heterocycles. The number of halogens is 1. The molecule has 1 atom stereocenters. The van der Waals surface area contributed by atoms with Crippen LogP contribution >= 0.6 is 0 Å². The van der Waals surface area contributed by atoms with E-state index in [0.717, 1.165) is 61.8 Å². The maximum absolute atomic E-state index is 14.8. The van der Waals surface area contributed by atoms with Gasteiger partial charge in [-0.3, -0.25) is 4.90 Å². The van der Waals surface area contributed by atoms with Crippen LogP contribution < -0.4 is 14.8 Å². The molecule has 0 spiro atoms. The Kier molecular flexibility index (Phi) is 8.92. The minimum absolute atomic E-state index is 0.297. The lowest BCUT2D eigenvalue weighted by Crippen LogP contribution is -2.35. The first-order valence-electron chi connectivity index (χ1n) is 14.3. The molecule has 2 N–H and O–H groups in total. The maximum Gasteiger partial charge on any atom is 0.165 e. The van der Waals surface area contributed by atoms with Gasteiger partial charge in [-0.05, 0) is 116 Å². The summed E-state index contributed by atoms with van der Waals surface area (Å²) in [6.45, 7) is 6.55. The van der Waals surface area contributed by atoms with Gasteiger partial charge in [0.2, 0.25) is 0 Å². The Labute approximate surface area is 232 Å². The average Bonchev–Trinajstić information content (AvgIpc) is 2.95. The molecule has 0 saturated carbocycles. The molecule has 6 heteroatoms. The van der Waals surface area contributed by atoms with Crippen LogP contribution in [-0.2, 0) is 19.3 Å². The average molecular weight is 533 g/mol. The molecule has 0 radical (unpaired) electrons. The number of rotatable bonds is 10. The predicted molar refractivity (Wildman–Crippen MR) is 155 cm³/mol. The van der Waals surface area contributed by atoms with Crippen LogP contribution in [0.1, 0.15) is 54.4 Å². The topological polar surface area (TPSA) is 54.0 Å². The number of nitrogens with zero attached hydrogens (tertiary/aromatic N) is 1. The number of phenolic OH excluding ortho intramolecular Hbond substituents is 1. The van der Waals surface area contributed by atoms with Crippen LogP contribution in [0.25, 0.3) is 0 Å². The third kappa shape index (κ3) is 7.04. The fourth-order valence-corrected chi connectivity index (χ4v) is 5.91. The lowest BCUT2D eigenvalue weighted by Gasteiger charge is -2.29. The highest BCUT2D eigenvalue weighted by Crippen LogP contribution is 2.38. The van der Waals surface area contributed by atoms with E-state index in [1.54, 1.807) is 25.3 Å². The molecular weight excluding hydrogens is 491 g/mol. The van der Waals surface area contributed by atoms with Crippen LogP contribution in [0, 0.1) is 11.7 Å². The first-order chi connectivity index (χ1) is 19.0. The number of nitrogens with one attached hydrogen (secondary N) is 1. The number of ether oxygens (including phenoxy) is 2. The summed E-state index contributed by atoms with van der Waals surface area (Å²) in [5, 5.41) is 13.4. The van der Waals surface area contributed by atoms with Crippen LogP contribution in [0.5, 0.6) is 17.2 Å². The Hall–Kier alpha value is -3.25. The summed E-state index contributed by atoms with van der Waals surface area (Å²) in [6, 6.07) is 17.3. The van der Waals surface area contributed by atoms with E-state index >= 15 is 0 Å². The van der Waals surface area contributed by atoms with E-state index in [2.05, 4.69) is 29.3 Å². The Morgan fingerprint density at radius 3 is 2.64 bits per heavy atom. The smallest absolute Gasteiger partial charge is 0.165 e. The molecule has 208 valence electrons. The van der Waals surface area contributed by atoms with Gasteiger partial charge >= 0.3 is 0 Å². The Balaban J connectivity index is 1.16. The van der Waals surface area contributed by atoms with Crippen molar-refractivity contribution in [1.29, 1.82) is 0 Å². The molecule has 1 heterocycles. The Morgan fingerprint density at radius 2 is 1.85 bits per heavy atom. The van der Waals surface area contributed by atoms with Gasteiger partial charge in [-0.1, -0.05) is 25.1 Å². The molecule has 1 fully saturated rings. The predicted octanol–water partition coefficient (Wildman–Crippen LogP) is 6.58. The standard InChI is InChI=1S/C33H41FN2O3/c1-23-12-15-36(16-13-23)17-18-39-33-10-3-24(19-31(33)34)11-14-35-32-22-29(38-2)8-9-30(32)27-5-4-26-21-28(37)7-6-25(26)20-27/h3,6-10,19,21-23,27,35,37H,4-5,11-18,20H2,1-2H3. The van der Waals surface area contributed by atoms with Crippen molar-refractivity contribution >= 4 is 5.69 Å². The Bertz CT molecular complexity index is 1260. The zero-order chi connectivity index (χ0) is 27.2. The van der Waals surface area contributed by atoms with Crippen molar-refractivity contribution in [2.24, 2.45) is 5.92 Å². The molecule has 1 aliphatic heterocycles. The molecule has 3 aromatic rings. The van der Waals surface area contributed by atoms with Gasteiger partial charge in [-0.2, -0.15) is 0 Å². The van der Waals surface area contributed by atoms with Gasteiger partial charge in [0.15, 0.2) is 11.6 Å². The van der Waals surface area contributed by atoms with E-state index < -0.39 is 0 Å². The molecule has 0 bridgehead atoms. The lowest BCUT2D eigenvalue weighted by atomic mass is 9.79. The van der Waals surface area contributed by atoms with Crippen LogP contribution in [0.2, 0.25) is 0 Å². The number of methoxy groups -OCH3 is 1. The number of likely N-dealkylation sites (tertiary alicyclic amines) is 1. The summed E-state index contributed by atoms with van der Waals surface area (Å²) in [5.41, 5.74) is 5.81. The minimum Gasteiger partial charge on any atom is -0.508 e. The number of anilines is 1. The normalized spacial score (nSPS) is 18.0. The van der Waals surface area contributed by atoms with Crippen molar-refractivity contribution in [3.05, 3.63) is 82.7 Å². The van der Waals surface area contributed by atoms with E-state index in [-0.39, 0.29) is 5.82 Å². The second kappa shape index (κ2) is 12.7. The molecule has 2 aliphatic rings. The van der Waals surface area contributed by atoms with Gasteiger partial charge in [0.25, 0.3) is 0 Å². The number of piperidine rings is 1. The van der Waals surface area contributed by atoms with Crippen molar-refractivity contribution in [2.45, 2.75) is 51.4 Å². The second-order valence-corrected chi connectivity index (χ2v) is 11.2. The van der Waals surface area contributed by atoms with Crippen molar-refractivity contribution in [1.82, 2.24) is 4.90 Å². The highest BCUT2D eigenvalue weighted by molar-refractivity contribution is 5.58. The quantitative estimate of drug-likeness (QED) is 0.309. The maximum atomic E-state index is 14.8. The first-order valence-corrected chi connectivity index (χ1v) is 14.3. The highest BCUT2D eigenvalue weighted by atomic mass is 19.1. The lowest BCUT2D eigenvalue weighted by molar-refractivity contribution is 0.158. The monoisotopic (exact) mass is 532 g/mol. The van der Waals surface area contributed by atoms with Gasteiger partial charge in [-0.25, -0.2) is 4.39 Å². The van der Waals surface area contributed by atoms with Gasteiger partial charge in [0.05, 0.1) is 7.11 Å². The largest absolute Gasteiger partial charge is 0.508 e. The fraction of sp³-hybridized carbons (Fsp3) is 0.455. The zero-order valence-corrected chi connectivity index (χ0v) is 23.2. The van der Waals surface area contributed by atoms with Crippen molar-refractivity contribution in [3.8, 4) is 17.2 Å².